The molecule has 1 aromatic carbocycles. The summed E-state index contributed by atoms with van der Waals surface area (Å²) in [5.74, 6) is 0. The lowest BCUT2D eigenvalue weighted by Crippen LogP contribution is -2.11. The number of benzene rings is 1. The number of nitrogens with zero attached hydrogens (tertiary/aromatic N) is 3. The first-order valence-electron chi connectivity index (χ1n) is 6.63. The molecule has 5 heteroatoms. The molecule has 2 aromatic rings. The molecule has 1 atom stereocenters. The van der Waals surface area contributed by atoms with Gasteiger partial charge in [0, 0.05) is 13.2 Å². The van der Waals surface area contributed by atoms with Crippen LogP contribution < -0.4 is 5.73 Å². The van der Waals surface area contributed by atoms with E-state index in [1.54, 1.807) is 0 Å². The zero-order valence-corrected chi connectivity index (χ0v) is 11.0. The van der Waals surface area contributed by atoms with Gasteiger partial charge in [0.2, 0.25) is 0 Å². The van der Waals surface area contributed by atoms with Crippen molar-refractivity contribution in [2.45, 2.75) is 32.4 Å². The van der Waals surface area contributed by atoms with Gasteiger partial charge in [-0.05, 0) is 37.5 Å². The van der Waals surface area contributed by atoms with Gasteiger partial charge in [0.05, 0.1) is 11.4 Å². The lowest BCUT2D eigenvalue weighted by molar-refractivity contribution is 0.106. The van der Waals surface area contributed by atoms with E-state index >= 15 is 0 Å². The Hall–Kier alpha value is -1.72. The van der Waals surface area contributed by atoms with Gasteiger partial charge in [0.25, 0.3) is 0 Å². The van der Waals surface area contributed by atoms with E-state index in [0.717, 1.165) is 36.5 Å². The highest BCUT2D eigenvalue weighted by molar-refractivity contribution is 5.37. The maximum atomic E-state index is 5.78. The molecule has 0 amide bonds. The highest BCUT2D eigenvalue weighted by Crippen LogP contribution is 2.31. The fourth-order valence-corrected chi connectivity index (χ4v) is 2.53. The summed E-state index contributed by atoms with van der Waals surface area (Å²) in [6.07, 6.45) is 2.15. The summed E-state index contributed by atoms with van der Waals surface area (Å²) in [6, 6.07) is 8.21. The third-order valence-electron chi connectivity index (χ3n) is 3.45. The molecule has 0 radical (unpaired) electrons. The number of hydrogen-bond donors (Lipinski definition) is 1. The molecule has 1 unspecified atom stereocenters. The zero-order valence-electron chi connectivity index (χ0n) is 11.0. The number of hydrogen-bond acceptors (Lipinski definition) is 4. The first-order chi connectivity index (χ1) is 9.29. The molecule has 0 bridgehead atoms. The van der Waals surface area contributed by atoms with Crippen LogP contribution in [0, 0.1) is 6.92 Å². The van der Waals surface area contributed by atoms with Crippen LogP contribution in [0.1, 0.15) is 35.9 Å². The number of aromatic nitrogens is 3. The van der Waals surface area contributed by atoms with Crippen molar-refractivity contribution in [3.63, 3.8) is 0 Å². The van der Waals surface area contributed by atoms with Crippen molar-refractivity contribution in [2.24, 2.45) is 5.73 Å². The quantitative estimate of drug-likeness (QED) is 0.913. The first-order valence-corrected chi connectivity index (χ1v) is 6.63. The molecule has 5 nitrogen and oxygen atoms in total. The van der Waals surface area contributed by atoms with Crippen LogP contribution in [0.2, 0.25) is 0 Å². The second-order valence-electron chi connectivity index (χ2n) is 4.88. The van der Waals surface area contributed by atoms with Crippen molar-refractivity contribution < 1.29 is 4.74 Å². The van der Waals surface area contributed by atoms with E-state index in [1.807, 2.05) is 16.8 Å². The van der Waals surface area contributed by atoms with Crippen LogP contribution in [0.4, 0.5) is 0 Å². The van der Waals surface area contributed by atoms with Gasteiger partial charge in [-0.15, -0.1) is 5.10 Å². The number of rotatable bonds is 3. The normalized spacial score (nSPS) is 18.9. The molecule has 1 aliphatic rings. The molecule has 1 fully saturated rings. The average Bonchev–Trinajstić information content (AvgIpc) is 3.07. The Bertz CT molecular complexity index is 573. The van der Waals surface area contributed by atoms with Crippen LogP contribution in [-0.2, 0) is 11.3 Å². The molecule has 2 N–H and O–H groups in total. The van der Waals surface area contributed by atoms with E-state index in [2.05, 4.69) is 29.4 Å². The summed E-state index contributed by atoms with van der Waals surface area (Å²) in [5, 5.41) is 8.44. The van der Waals surface area contributed by atoms with Gasteiger partial charge in [0.15, 0.2) is 0 Å². The van der Waals surface area contributed by atoms with Crippen LogP contribution >= 0.6 is 0 Å². The predicted octanol–water partition coefficient (Wildman–Crippen LogP) is 1.89. The molecule has 19 heavy (non-hydrogen) atoms. The van der Waals surface area contributed by atoms with Gasteiger partial charge < -0.3 is 10.5 Å². The average molecular weight is 258 g/mol. The van der Waals surface area contributed by atoms with E-state index in [4.69, 9.17) is 10.5 Å². The monoisotopic (exact) mass is 258 g/mol. The van der Waals surface area contributed by atoms with Gasteiger partial charge in [-0.3, -0.25) is 0 Å². The molecular weight excluding hydrogens is 240 g/mol. The Kier molecular flexibility index (Phi) is 3.31. The number of aryl methyl sites for hydroxylation is 1. The minimum Gasteiger partial charge on any atom is -0.372 e. The van der Waals surface area contributed by atoms with Crippen LogP contribution in [0.5, 0.6) is 0 Å². The number of nitrogens with two attached hydrogens (primary N) is 1. The highest BCUT2D eigenvalue weighted by atomic mass is 16.5. The second-order valence-corrected chi connectivity index (χ2v) is 4.88. The molecule has 1 aromatic heterocycles. The van der Waals surface area contributed by atoms with Crippen molar-refractivity contribution >= 4 is 0 Å². The van der Waals surface area contributed by atoms with E-state index in [1.165, 1.54) is 5.56 Å². The van der Waals surface area contributed by atoms with E-state index in [9.17, 15) is 0 Å². The molecule has 0 aliphatic carbocycles. The van der Waals surface area contributed by atoms with Gasteiger partial charge in [-0.25, -0.2) is 4.68 Å². The minimum atomic E-state index is 0.0639. The summed E-state index contributed by atoms with van der Waals surface area (Å²) in [5.41, 5.74) is 9.81. The van der Waals surface area contributed by atoms with Crippen LogP contribution in [0.3, 0.4) is 0 Å². The van der Waals surface area contributed by atoms with Gasteiger partial charge in [0.1, 0.15) is 11.8 Å². The summed E-state index contributed by atoms with van der Waals surface area (Å²) >= 11 is 0. The van der Waals surface area contributed by atoms with Crippen molar-refractivity contribution in [3.8, 4) is 5.69 Å². The van der Waals surface area contributed by atoms with Gasteiger partial charge in [-0.2, -0.15) is 0 Å². The van der Waals surface area contributed by atoms with Crippen molar-refractivity contribution in [1.82, 2.24) is 15.0 Å². The fraction of sp³-hybridized carbons (Fsp3) is 0.429. The molecular formula is C14H18N4O. The summed E-state index contributed by atoms with van der Waals surface area (Å²) in [7, 11) is 0. The highest BCUT2D eigenvalue weighted by Gasteiger charge is 2.26. The van der Waals surface area contributed by atoms with Crippen molar-refractivity contribution in [1.29, 1.82) is 0 Å². The van der Waals surface area contributed by atoms with Gasteiger partial charge >= 0.3 is 0 Å². The number of ether oxygens (including phenoxy) is 1. The first kappa shape index (κ1) is 12.3. The van der Waals surface area contributed by atoms with Gasteiger partial charge in [-0.1, -0.05) is 17.3 Å². The Morgan fingerprint density at radius 2 is 2.37 bits per heavy atom. The van der Waals surface area contributed by atoms with Crippen LogP contribution in [-0.4, -0.2) is 21.6 Å². The standard InChI is InChI=1S/C14H18N4O/c1-10-4-2-5-11(8-10)18-14(12(9-15)16-17-18)13-6-3-7-19-13/h2,4-5,8,13H,3,6-7,9,15H2,1H3. The second kappa shape index (κ2) is 5.11. The van der Waals surface area contributed by atoms with Crippen LogP contribution in [0.25, 0.3) is 5.69 Å². The molecule has 0 saturated carbocycles. The third-order valence-corrected chi connectivity index (χ3v) is 3.45. The van der Waals surface area contributed by atoms with E-state index in [-0.39, 0.29) is 6.10 Å². The molecule has 1 saturated heterocycles. The smallest absolute Gasteiger partial charge is 0.103 e. The predicted molar refractivity (Wildman–Crippen MR) is 71.9 cm³/mol. The maximum absolute atomic E-state index is 5.78. The lowest BCUT2D eigenvalue weighted by Gasteiger charge is -2.13. The molecule has 0 spiro atoms. The van der Waals surface area contributed by atoms with E-state index < -0.39 is 0 Å². The Morgan fingerprint density at radius 1 is 1.47 bits per heavy atom. The molecule has 3 rings (SSSR count). The molecule has 100 valence electrons. The summed E-state index contributed by atoms with van der Waals surface area (Å²) < 4.78 is 7.64. The maximum Gasteiger partial charge on any atom is 0.103 e. The third kappa shape index (κ3) is 2.27. The van der Waals surface area contributed by atoms with Crippen molar-refractivity contribution in [3.05, 3.63) is 41.2 Å². The Labute approximate surface area is 112 Å². The minimum absolute atomic E-state index is 0.0639. The molecule has 1 aliphatic heterocycles. The summed E-state index contributed by atoms with van der Waals surface area (Å²) in [4.78, 5) is 0. The van der Waals surface area contributed by atoms with E-state index in [0.29, 0.717) is 6.54 Å². The Morgan fingerprint density at radius 3 is 3.05 bits per heavy atom. The SMILES string of the molecule is Cc1cccc(-n2nnc(CN)c2C2CCCO2)c1. The lowest BCUT2D eigenvalue weighted by atomic mass is 10.1. The largest absolute Gasteiger partial charge is 0.372 e. The fourth-order valence-electron chi connectivity index (χ4n) is 2.53. The molecule has 2 heterocycles. The van der Waals surface area contributed by atoms with Crippen molar-refractivity contribution in [2.75, 3.05) is 6.61 Å². The Balaban J connectivity index is 2.08. The van der Waals surface area contributed by atoms with Crippen LogP contribution in [0.15, 0.2) is 24.3 Å². The summed E-state index contributed by atoms with van der Waals surface area (Å²) in [6.45, 7) is 3.25. The topological polar surface area (TPSA) is 66.0 Å². The zero-order chi connectivity index (χ0) is 13.2.